The van der Waals surface area contributed by atoms with Gasteiger partial charge in [0.2, 0.25) is 0 Å². The molecule has 1 fully saturated rings. The highest BCUT2D eigenvalue weighted by atomic mass is 79.9. The molecule has 98 valence electrons. The Morgan fingerprint density at radius 1 is 1.21 bits per heavy atom. The average Bonchev–Trinajstić information content (AvgIpc) is 3.18. The molecule has 0 aliphatic heterocycles. The van der Waals surface area contributed by atoms with Gasteiger partial charge in [-0.3, -0.25) is 0 Å². The molecule has 1 aromatic heterocycles. The van der Waals surface area contributed by atoms with Crippen LogP contribution in [0.2, 0.25) is 10.0 Å². The van der Waals surface area contributed by atoms with Crippen molar-refractivity contribution in [3.63, 3.8) is 0 Å². The number of nitrogens with one attached hydrogen (secondary N) is 1. The molecule has 3 nitrogen and oxygen atoms in total. The molecule has 3 rings (SSSR count). The zero-order chi connectivity index (χ0) is 13.4. The number of hydrogen-bond acceptors (Lipinski definition) is 3. The molecule has 1 aromatic carbocycles. The molecule has 6 heteroatoms. The number of nitrogens with zero attached hydrogens (tertiary/aromatic N) is 2. The second-order valence-corrected chi connectivity index (χ2v) is 6.03. The van der Waals surface area contributed by atoms with Crippen molar-refractivity contribution in [1.29, 1.82) is 0 Å². The second kappa shape index (κ2) is 5.27. The summed E-state index contributed by atoms with van der Waals surface area (Å²) in [5.41, 5.74) is 0.738. The van der Waals surface area contributed by atoms with E-state index in [1.54, 1.807) is 6.07 Å². The zero-order valence-electron chi connectivity index (χ0n) is 9.83. The lowest BCUT2D eigenvalue weighted by Crippen LogP contribution is -2.00. The molecule has 0 spiro atoms. The Labute approximate surface area is 129 Å². The van der Waals surface area contributed by atoms with E-state index >= 15 is 0 Å². The highest BCUT2D eigenvalue weighted by Gasteiger charge is 2.27. The Morgan fingerprint density at radius 2 is 2.00 bits per heavy atom. The molecule has 2 aromatic rings. The van der Waals surface area contributed by atoms with Crippen molar-refractivity contribution in [2.24, 2.45) is 0 Å². The lowest BCUT2D eigenvalue weighted by Gasteiger charge is -2.10. The van der Waals surface area contributed by atoms with Crippen LogP contribution in [0.4, 0.5) is 11.5 Å². The Bertz CT molecular complexity index is 629. The Balaban J connectivity index is 1.92. The molecule has 0 bridgehead atoms. The zero-order valence-corrected chi connectivity index (χ0v) is 12.9. The molecular formula is C13H10BrCl2N3. The summed E-state index contributed by atoms with van der Waals surface area (Å²) in [6, 6.07) is 7.28. The fourth-order valence-corrected chi connectivity index (χ4v) is 2.51. The number of hydrogen-bond donors (Lipinski definition) is 1. The number of anilines is 2. The summed E-state index contributed by atoms with van der Waals surface area (Å²) >= 11 is 15.5. The van der Waals surface area contributed by atoms with Crippen LogP contribution in [-0.2, 0) is 0 Å². The Morgan fingerprint density at radius 3 is 2.74 bits per heavy atom. The van der Waals surface area contributed by atoms with Crippen molar-refractivity contribution in [2.45, 2.75) is 18.8 Å². The quantitative estimate of drug-likeness (QED) is 0.769. The first-order valence-corrected chi connectivity index (χ1v) is 7.44. The van der Waals surface area contributed by atoms with Gasteiger partial charge >= 0.3 is 0 Å². The van der Waals surface area contributed by atoms with Crippen molar-refractivity contribution in [3.8, 4) is 0 Å². The van der Waals surface area contributed by atoms with Crippen molar-refractivity contribution >= 4 is 50.6 Å². The van der Waals surface area contributed by atoms with E-state index in [4.69, 9.17) is 23.2 Å². The molecule has 0 atom stereocenters. The average molecular weight is 359 g/mol. The van der Waals surface area contributed by atoms with Crippen LogP contribution in [0, 0.1) is 0 Å². The van der Waals surface area contributed by atoms with Gasteiger partial charge in [-0.05, 0) is 40.9 Å². The fourth-order valence-electron chi connectivity index (χ4n) is 1.76. The molecule has 0 unspecified atom stereocenters. The van der Waals surface area contributed by atoms with Crippen LogP contribution < -0.4 is 5.32 Å². The summed E-state index contributed by atoms with van der Waals surface area (Å²) in [5, 5.41) is 4.19. The monoisotopic (exact) mass is 357 g/mol. The SMILES string of the molecule is Clc1cccc(Nc2cc(Br)nc(C3CC3)n2)c1Cl. The molecule has 1 aliphatic carbocycles. The first-order valence-electron chi connectivity index (χ1n) is 5.89. The Hall–Kier alpha value is -0.840. The topological polar surface area (TPSA) is 37.8 Å². The van der Waals surface area contributed by atoms with E-state index in [-0.39, 0.29) is 0 Å². The normalized spacial score (nSPS) is 14.5. The van der Waals surface area contributed by atoms with Crippen LogP contribution in [0.3, 0.4) is 0 Å². The highest BCUT2D eigenvalue weighted by molar-refractivity contribution is 9.10. The van der Waals surface area contributed by atoms with Gasteiger partial charge in [0.05, 0.1) is 15.7 Å². The first-order chi connectivity index (χ1) is 9.13. The first kappa shape index (κ1) is 13.2. The fraction of sp³-hybridized carbons (Fsp3) is 0.231. The van der Waals surface area contributed by atoms with Gasteiger partial charge in [0.25, 0.3) is 0 Å². The minimum Gasteiger partial charge on any atom is -0.339 e. The van der Waals surface area contributed by atoms with E-state index in [0.29, 0.717) is 21.8 Å². The van der Waals surface area contributed by atoms with Crippen molar-refractivity contribution in [2.75, 3.05) is 5.32 Å². The van der Waals surface area contributed by atoms with Gasteiger partial charge in [0.1, 0.15) is 16.2 Å². The third-order valence-corrected chi connectivity index (χ3v) is 4.09. The molecule has 1 heterocycles. The molecule has 0 radical (unpaired) electrons. The summed E-state index contributed by atoms with van der Waals surface area (Å²) in [6.07, 6.45) is 2.32. The summed E-state index contributed by atoms with van der Waals surface area (Å²) in [4.78, 5) is 8.89. The molecule has 1 saturated carbocycles. The maximum absolute atomic E-state index is 6.15. The van der Waals surface area contributed by atoms with E-state index < -0.39 is 0 Å². The minimum atomic E-state index is 0.492. The lowest BCUT2D eigenvalue weighted by molar-refractivity contribution is 0.919. The van der Waals surface area contributed by atoms with Crippen LogP contribution in [0.1, 0.15) is 24.6 Å². The van der Waals surface area contributed by atoms with Crippen LogP contribution >= 0.6 is 39.1 Å². The number of aromatic nitrogens is 2. The van der Waals surface area contributed by atoms with Gasteiger partial charge in [0, 0.05) is 12.0 Å². The van der Waals surface area contributed by atoms with Crippen molar-refractivity contribution < 1.29 is 0 Å². The largest absolute Gasteiger partial charge is 0.339 e. The van der Waals surface area contributed by atoms with Gasteiger partial charge in [-0.15, -0.1) is 0 Å². The van der Waals surface area contributed by atoms with Crippen molar-refractivity contribution in [3.05, 3.63) is 44.7 Å². The molecular weight excluding hydrogens is 349 g/mol. The van der Waals surface area contributed by atoms with E-state index in [9.17, 15) is 0 Å². The van der Waals surface area contributed by atoms with Crippen LogP contribution in [0.5, 0.6) is 0 Å². The van der Waals surface area contributed by atoms with Crippen molar-refractivity contribution in [1.82, 2.24) is 9.97 Å². The highest BCUT2D eigenvalue weighted by Crippen LogP contribution is 2.39. The predicted molar refractivity (Wildman–Crippen MR) is 81.5 cm³/mol. The third-order valence-electron chi connectivity index (χ3n) is 2.87. The van der Waals surface area contributed by atoms with Gasteiger partial charge < -0.3 is 5.32 Å². The molecule has 19 heavy (non-hydrogen) atoms. The standard InChI is InChI=1S/C13H10BrCl2N3/c14-10-6-11(19-13(18-10)7-4-5-7)17-9-3-1-2-8(15)12(9)16/h1-3,6-7H,4-5H2,(H,17,18,19). The molecule has 1 N–H and O–H groups in total. The van der Waals surface area contributed by atoms with E-state index in [2.05, 4.69) is 31.2 Å². The van der Waals surface area contributed by atoms with Crippen LogP contribution in [-0.4, -0.2) is 9.97 Å². The van der Waals surface area contributed by atoms with Crippen LogP contribution in [0.15, 0.2) is 28.9 Å². The van der Waals surface area contributed by atoms with Gasteiger partial charge in [-0.2, -0.15) is 0 Å². The summed E-state index contributed by atoms with van der Waals surface area (Å²) in [6.45, 7) is 0. The van der Waals surface area contributed by atoms with E-state index in [1.807, 2.05) is 18.2 Å². The van der Waals surface area contributed by atoms with Crippen LogP contribution in [0.25, 0.3) is 0 Å². The van der Waals surface area contributed by atoms with Gasteiger partial charge in [-0.1, -0.05) is 29.3 Å². The minimum absolute atomic E-state index is 0.492. The third kappa shape index (κ3) is 3.02. The molecule has 0 saturated heterocycles. The number of rotatable bonds is 3. The summed E-state index contributed by atoms with van der Waals surface area (Å²) in [5.74, 6) is 2.08. The predicted octanol–water partition coefficient (Wildman–Crippen LogP) is 5.17. The number of halogens is 3. The Kier molecular flexibility index (Phi) is 3.65. The number of benzene rings is 1. The smallest absolute Gasteiger partial charge is 0.135 e. The molecule has 1 aliphatic rings. The van der Waals surface area contributed by atoms with E-state index in [1.165, 1.54) is 0 Å². The second-order valence-electron chi connectivity index (χ2n) is 4.43. The van der Waals surface area contributed by atoms with E-state index in [0.717, 1.165) is 29.0 Å². The summed E-state index contributed by atoms with van der Waals surface area (Å²) in [7, 11) is 0. The maximum Gasteiger partial charge on any atom is 0.135 e. The van der Waals surface area contributed by atoms with Gasteiger partial charge in [-0.25, -0.2) is 9.97 Å². The summed E-state index contributed by atoms with van der Waals surface area (Å²) < 4.78 is 0.769. The lowest BCUT2D eigenvalue weighted by atomic mass is 10.3. The molecule has 0 amide bonds. The van der Waals surface area contributed by atoms with Gasteiger partial charge in [0.15, 0.2) is 0 Å². The maximum atomic E-state index is 6.15.